The highest BCUT2D eigenvalue weighted by Gasteiger charge is 2.20. The van der Waals surface area contributed by atoms with Crippen LogP contribution in [0.15, 0.2) is 34.2 Å². The second-order valence-electron chi connectivity index (χ2n) is 7.89. The van der Waals surface area contributed by atoms with Gasteiger partial charge in [0.2, 0.25) is 0 Å². The second-order valence-corrected chi connectivity index (χ2v) is 9.92. The first-order chi connectivity index (χ1) is 15.6. The van der Waals surface area contributed by atoms with Crippen LogP contribution in [0.4, 0.5) is 0 Å². The minimum atomic E-state index is -0.0192. The summed E-state index contributed by atoms with van der Waals surface area (Å²) in [5.74, 6) is 2.83. The van der Waals surface area contributed by atoms with E-state index < -0.39 is 0 Å². The van der Waals surface area contributed by atoms with E-state index in [1.807, 2.05) is 35.8 Å². The summed E-state index contributed by atoms with van der Waals surface area (Å²) in [4.78, 5) is 22.7. The molecule has 0 aliphatic heterocycles. The summed E-state index contributed by atoms with van der Waals surface area (Å²) in [6.07, 6.45) is 4.40. The molecule has 0 atom stereocenters. The minimum Gasteiger partial charge on any atom is -0.485 e. The normalized spacial score (nSPS) is 13.4. The Bertz CT molecular complexity index is 1320. The number of nitrogens with one attached hydrogen (secondary N) is 1. The van der Waals surface area contributed by atoms with Crippen molar-refractivity contribution in [2.75, 3.05) is 0 Å². The van der Waals surface area contributed by atoms with E-state index >= 15 is 0 Å². The molecule has 0 radical (unpaired) electrons. The third-order valence-corrected chi connectivity index (χ3v) is 7.94. The van der Waals surface area contributed by atoms with E-state index in [0.717, 1.165) is 58.3 Å². The van der Waals surface area contributed by atoms with Gasteiger partial charge in [0.15, 0.2) is 11.0 Å². The van der Waals surface area contributed by atoms with Crippen LogP contribution in [0.5, 0.6) is 5.75 Å². The number of benzene rings is 1. The van der Waals surface area contributed by atoms with Crippen molar-refractivity contribution < 1.29 is 4.74 Å². The zero-order valence-corrected chi connectivity index (χ0v) is 19.8. The first kappa shape index (κ1) is 21.2. The van der Waals surface area contributed by atoms with Gasteiger partial charge in [-0.05, 0) is 56.7 Å². The van der Waals surface area contributed by atoms with Gasteiger partial charge in [-0.3, -0.25) is 4.79 Å². The number of ether oxygens (including phenoxy) is 1. The van der Waals surface area contributed by atoms with E-state index in [-0.39, 0.29) is 5.56 Å². The van der Waals surface area contributed by atoms with Gasteiger partial charge in [-0.15, -0.1) is 21.5 Å². The number of aromatic amines is 1. The number of thiophene rings is 1. The number of para-hydroxylation sites is 1. The highest BCUT2D eigenvalue weighted by Crippen LogP contribution is 2.34. The Kier molecular flexibility index (Phi) is 6.01. The summed E-state index contributed by atoms with van der Waals surface area (Å²) in [6, 6.07) is 7.93. The first-order valence-electron chi connectivity index (χ1n) is 10.9. The molecule has 0 saturated heterocycles. The quantitative estimate of drug-likeness (QED) is 0.398. The summed E-state index contributed by atoms with van der Waals surface area (Å²) >= 11 is 3.21. The smallest absolute Gasteiger partial charge is 0.259 e. The number of nitrogens with zero attached hydrogens (tertiary/aromatic N) is 4. The SMILES string of the molecule is CCn1c(COc2ccccc2C)nnc1SCc1nc2sc3c(c2c(=O)[nH]1)CCCC3. The first-order valence-corrected chi connectivity index (χ1v) is 12.7. The van der Waals surface area contributed by atoms with E-state index in [1.165, 1.54) is 28.6 Å². The maximum Gasteiger partial charge on any atom is 0.259 e. The molecule has 1 aliphatic carbocycles. The van der Waals surface area contributed by atoms with Crippen LogP contribution in [-0.2, 0) is 31.7 Å². The lowest BCUT2D eigenvalue weighted by atomic mass is 9.97. The van der Waals surface area contributed by atoms with Crippen molar-refractivity contribution >= 4 is 33.3 Å². The van der Waals surface area contributed by atoms with Crippen LogP contribution in [0.25, 0.3) is 10.2 Å². The van der Waals surface area contributed by atoms with Crippen molar-refractivity contribution in [3.8, 4) is 5.75 Å². The summed E-state index contributed by atoms with van der Waals surface area (Å²) < 4.78 is 8.00. The number of fused-ring (bicyclic) bond motifs is 3. The maximum atomic E-state index is 12.8. The fourth-order valence-corrected chi connectivity index (χ4v) is 6.29. The molecule has 0 amide bonds. The van der Waals surface area contributed by atoms with E-state index in [9.17, 15) is 4.79 Å². The molecule has 7 nitrogen and oxygen atoms in total. The van der Waals surface area contributed by atoms with Crippen molar-refractivity contribution in [3.05, 3.63) is 62.3 Å². The molecule has 3 aromatic heterocycles. The molecule has 1 aliphatic rings. The van der Waals surface area contributed by atoms with E-state index in [2.05, 4.69) is 22.1 Å². The predicted octanol–water partition coefficient (Wildman–Crippen LogP) is 4.65. The standard InChI is InChI=1S/C23H25N5O2S2/c1-3-28-19(12-30-16-10-6-4-8-14(16)2)26-27-23(28)31-13-18-24-21(29)20-15-9-5-7-11-17(15)32-22(20)25-18/h4,6,8,10H,3,5,7,9,11-13H2,1-2H3,(H,24,25,29). The van der Waals surface area contributed by atoms with Gasteiger partial charge in [-0.2, -0.15) is 0 Å². The molecule has 166 valence electrons. The average molecular weight is 468 g/mol. The fourth-order valence-electron chi connectivity index (χ4n) is 4.12. The van der Waals surface area contributed by atoms with Crippen LogP contribution >= 0.6 is 23.1 Å². The van der Waals surface area contributed by atoms with Gasteiger partial charge in [0.05, 0.1) is 11.1 Å². The van der Waals surface area contributed by atoms with Crippen molar-refractivity contribution in [1.29, 1.82) is 0 Å². The molecule has 1 aromatic carbocycles. The number of hydrogen-bond acceptors (Lipinski definition) is 7. The van der Waals surface area contributed by atoms with Crippen molar-refractivity contribution in [2.45, 2.75) is 63.6 Å². The van der Waals surface area contributed by atoms with Crippen LogP contribution in [0.3, 0.4) is 0 Å². The molecule has 4 aromatic rings. The van der Waals surface area contributed by atoms with Crippen LogP contribution in [0.2, 0.25) is 0 Å². The van der Waals surface area contributed by atoms with Gasteiger partial charge in [0.1, 0.15) is 23.0 Å². The molecule has 5 rings (SSSR count). The number of aryl methyl sites for hydroxylation is 3. The number of H-pyrrole nitrogens is 1. The number of hydrogen-bond donors (Lipinski definition) is 1. The molecule has 9 heteroatoms. The summed E-state index contributed by atoms with van der Waals surface area (Å²) in [5.41, 5.74) is 2.29. The lowest BCUT2D eigenvalue weighted by Crippen LogP contribution is -2.12. The van der Waals surface area contributed by atoms with E-state index in [4.69, 9.17) is 9.72 Å². The summed E-state index contributed by atoms with van der Waals surface area (Å²) in [6.45, 7) is 5.18. The molecule has 0 saturated carbocycles. The van der Waals surface area contributed by atoms with E-state index in [0.29, 0.717) is 18.2 Å². The molecule has 0 unspecified atom stereocenters. The molecule has 32 heavy (non-hydrogen) atoms. The van der Waals surface area contributed by atoms with Gasteiger partial charge in [-0.25, -0.2) is 4.98 Å². The van der Waals surface area contributed by atoms with Gasteiger partial charge in [0, 0.05) is 11.4 Å². The molecule has 0 fully saturated rings. The predicted molar refractivity (Wildman–Crippen MR) is 128 cm³/mol. The zero-order valence-electron chi connectivity index (χ0n) is 18.2. The third-order valence-electron chi connectivity index (χ3n) is 5.77. The van der Waals surface area contributed by atoms with Crippen LogP contribution in [0.1, 0.15) is 47.4 Å². The highest BCUT2D eigenvalue weighted by atomic mass is 32.2. The topological polar surface area (TPSA) is 85.7 Å². The summed E-state index contributed by atoms with van der Waals surface area (Å²) in [5, 5.41) is 10.3. The van der Waals surface area contributed by atoms with Crippen LogP contribution in [-0.4, -0.2) is 24.7 Å². The maximum absolute atomic E-state index is 12.8. The Balaban J connectivity index is 1.32. The lowest BCUT2D eigenvalue weighted by Gasteiger charge is -2.10. The Morgan fingerprint density at radius 3 is 2.91 bits per heavy atom. The average Bonchev–Trinajstić information content (AvgIpc) is 3.37. The van der Waals surface area contributed by atoms with E-state index in [1.54, 1.807) is 11.3 Å². The fraction of sp³-hybridized carbons (Fsp3) is 0.391. The number of aromatic nitrogens is 5. The molecular formula is C23H25N5O2S2. The molecule has 0 bridgehead atoms. The molecular weight excluding hydrogens is 442 g/mol. The van der Waals surface area contributed by atoms with Crippen molar-refractivity contribution in [3.63, 3.8) is 0 Å². The Morgan fingerprint density at radius 2 is 2.06 bits per heavy atom. The van der Waals surface area contributed by atoms with Crippen molar-refractivity contribution in [1.82, 2.24) is 24.7 Å². The highest BCUT2D eigenvalue weighted by molar-refractivity contribution is 7.98. The summed E-state index contributed by atoms with van der Waals surface area (Å²) in [7, 11) is 0. The number of rotatable bonds is 7. The Morgan fingerprint density at radius 1 is 1.22 bits per heavy atom. The monoisotopic (exact) mass is 467 g/mol. The van der Waals surface area contributed by atoms with Crippen molar-refractivity contribution in [2.24, 2.45) is 0 Å². The van der Waals surface area contributed by atoms with Crippen LogP contribution in [0, 0.1) is 6.92 Å². The van der Waals surface area contributed by atoms with Gasteiger partial charge >= 0.3 is 0 Å². The molecule has 3 heterocycles. The zero-order chi connectivity index (χ0) is 22.1. The molecule has 1 N–H and O–H groups in total. The van der Waals surface area contributed by atoms with Crippen LogP contribution < -0.4 is 10.3 Å². The minimum absolute atomic E-state index is 0.0192. The second kappa shape index (κ2) is 9.07. The Hall–Kier alpha value is -2.65. The van der Waals surface area contributed by atoms with Gasteiger partial charge < -0.3 is 14.3 Å². The molecule has 0 spiro atoms. The third kappa shape index (κ3) is 4.06. The Labute approximate surface area is 194 Å². The van der Waals surface area contributed by atoms with Gasteiger partial charge in [-0.1, -0.05) is 30.0 Å². The van der Waals surface area contributed by atoms with Gasteiger partial charge in [0.25, 0.3) is 5.56 Å². The lowest BCUT2D eigenvalue weighted by molar-refractivity contribution is 0.286. The number of thioether (sulfide) groups is 1. The largest absolute Gasteiger partial charge is 0.485 e.